The van der Waals surface area contributed by atoms with Crippen LogP contribution < -0.4 is 5.32 Å². The number of carbonyl (C=O) groups is 1. The van der Waals surface area contributed by atoms with E-state index in [2.05, 4.69) is 17.4 Å². The van der Waals surface area contributed by atoms with Crippen LogP contribution in [0.3, 0.4) is 0 Å². The summed E-state index contributed by atoms with van der Waals surface area (Å²) in [7, 11) is 1.42. The Labute approximate surface area is 136 Å². The molecule has 0 saturated carbocycles. The molecule has 0 aromatic heterocycles. The van der Waals surface area contributed by atoms with Crippen LogP contribution in [0.2, 0.25) is 0 Å². The lowest BCUT2D eigenvalue weighted by molar-refractivity contribution is -0.140. The highest BCUT2D eigenvalue weighted by atomic mass is 32.2. The molecule has 0 aliphatic carbocycles. The zero-order valence-electron chi connectivity index (χ0n) is 12.9. The minimum Gasteiger partial charge on any atom is -0.467 e. The van der Waals surface area contributed by atoms with E-state index in [9.17, 15) is 4.79 Å². The molecular formula is C18H21NO2S. The number of anilines is 1. The third kappa shape index (κ3) is 5.11. The van der Waals surface area contributed by atoms with Crippen molar-refractivity contribution in [3.8, 4) is 0 Å². The Balaban J connectivity index is 1.91. The average Bonchev–Trinajstić information content (AvgIpc) is 2.56. The molecule has 4 heteroatoms. The Morgan fingerprint density at radius 2 is 1.82 bits per heavy atom. The van der Waals surface area contributed by atoms with Crippen molar-refractivity contribution in [3.63, 3.8) is 0 Å². The maximum atomic E-state index is 11.9. The first-order chi connectivity index (χ1) is 10.7. The summed E-state index contributed by atoms with van der Waals surface area (Å²) in [5.74, 6) is 1.31. The number of methoxy groups -OCH3 is 1. The molecule has 2 aromatic carbocycles. The van der Waals surface area contributed by atoms with Gasteiger partial charge in [-0.3, -0.25) is 0 Å². The van der Waals surface area contributed by atoms with Crippen molar-refractivity contribution < 1.29 is 9.53 Å². The summed E-state index contributed by atoms with van der Waals surface area (Å²) in [5, 5.41) is 3.25. The van der Waals surface area contributed by atoms with Crippen LogP contribution >= 0.6 is 11.8 Å². The predicted octanol–water partition coefficient (Wildman–Crippen LogP) is 3.88. The number of rotatable bonds is 7. The first-order valence-electron chi connectivity index (χ1n) is 7.22. The summed E-state index contributed by atoms with van der Waals surface area (Å²) in [5.41, 5.74) is 3.38. The van der Waals surface area contributed by atoms with Crippen LogP contribution in [0.4, 0.5) is 5.69 Å². The molecule has 0 fully saturated rings. The molecule has 1 N–H and O–H groups in total. The van der Waals surface area contributed by atoms with Gasteiger partial charge in [0.1, 0.15) is 6.04 Å². The minimum atomic E-state index is -0.346. The van der Waals surface area contributed by atoms with Gasteiger partial charge in [0.25, 0.3) is 0 Å². The number of hydrogen-bond acceptors (Lipinski definition) is 4. The zero-order chi connectivity index (χ0) is 15.8. The molecule has 3 nitrogen and oxygen atoms in total. The lowest BCUT2D eigenvalue weighted by atomic mass is 10.2. The third-order valence-electron chi connectivity index (χ3n) is 3.27. The van der Waals surface area contributed by atoms with E-state index < -0.39 is 0 Å². The van der Waals surface area contributed by atoms with E-state index in [1.165, 1.54) is 18.2 Å². The number of thioether (sulfide) groups is 1. The first-order valence-corrected chi connectivity index (χ1v) is 8.37. The van der Waals surface area contributed by atoms with E-state index in [1.54, 1.807) is 11.8 Å². The quantitative estimate of drug-likeness (QED) is 0.787. The second-order valence-electron chi connectivity index (χ2n) is 5.09. The van der Waals surface area contributed by atoms with E-state index in [1.807, 2.05) is 49.4 Å². The van der Waals surface area contributed by atoms with E-state index >= 15 is 0 Å². The summed E-state index contributed by atoms with van der Waals surface area (Å²) < 4.78 is 4.90. The molecule has 0 amide bonds. The zero-order valence-corrected chi connectivity index (χ0v) is 13.7. The normalized spacial score (nSPS) is 11.7. The van der Waals surface area contributed by atoms with Crippen LogP contribution in [-0.2, 0) is 15.3 Å². The van der Waals surface area contributed by atoms with Crippen molar-refractivity contribution >= 4 is 23.4 Å². The van der Waals surface area contributed by atoms with Crippen molar-refractivity contribution in [3.05, 3.63) is 65.7 Å². The van der Waals surface area contributed by atoms with Crippen molar-refractivity contribution in [1.82, 2.24) is 0 Å². The topological polar surface area (TPSA) is 38.3 Å². The van der Waals surface area contributed by atoms with Gasteiger partial charge < -0.3 is 10.1 Å². The van der Waals surface area contributed by atoms with E-state index in [0.717, 1.165) is 11.4 Å². The molecule has 0 saturated heterocycles. The molecule has 2 rings (SSSR count). The number of ether oxygens (including phenoxy) is 1. The van der Waals surface area contributed by atoms with Crippen LogP contribution in [-0.4, -0.2) is 24.9 Å². The summed E-state index contributed by atoms with van der Waals surface area (Å²) >= 11 is 1.72. The number of carbonyl (C=O) groups excluding carboxylic acids is 1. The summed E-state index contributed by atoms with van der Waals surface area (Å²) in [6.07, 6.45) is 0. The largest absolute Gasteiger partial charge is 0.467 e. The Bertz CT molecular complexity index is 584. The Hall–Kier alpha value is -1.94. The third-order valence-corrected chi connectivity index (χ3v) is 4.38. The fraction of sp³-hybridized carbons (Fsp3) is 0.278. The monoisotopic (exact) mass is 315 g/mol. The van der Waals surface area contributed by atoms with Crippen LogP contribution in [0.25, 0.3) is 0 Å². The van der Waals surface area contributed by atoms with Gasteiger partial charge in [0.15, 0.2) is 0 Å². The Morgan fingerprint density at radius 1 is 1.14 bits per heavy atom. The standard InChI is InChI=1S/C18H21NO2S/c1-14-8-10-16(11-9-14)19-17(18(20)21-2)13-22-12-15-6-4-3-5-7-15/h3-11,17,19H,12-13H2,1-2H3/t17-/m0/s1. The highest BCUT2D eigenvalue weighted by Gasteiger charge is 2.18. The van der Waals surface area contributed by atoms with Crippen molar-refractivity contribution in [1.29, 1.82) is 0 Å². The number of nitrogens with one attached hydrogen (secondary N) is 1. The molecule has 0 aliphatic rings. The van der Waals surface area contributed by atoms with Gasteiger partial charge in [-0.05, 0) is 24.6 Å². The van der Waals surface area contributed by atoms with Gasteiger partial charge in [-0.1, -0.05) is 48.0 Å². The Morgan fingerprint density at radius 3 is 2.45 bits per heavy atom. The highest BCUT2D eigenvalue weighted by molar-refractivity contribution is 7.98. The van der Waals surface area contributed by atoms with Crippen molar-refractivity contribution in [2.75, 3.05) is 18.2 Å². The molecule has 0 spiro atoms. The first kappa shape index (κ1) is 16.4. The molecule has 0 heterocycles. The Kier molecular flexibility index (Phi) is 6.34. The van der Waals surface area contributed by atoms with Crippen molar-refractivity contribution in [2.24, 2.45) is 0 Å². The van der Waals surface area contributed by atoms with E-state index in [0.29, 0.717) is 5.75 Å². The van der Waals surface area contributed by atoms with Gasteiger partial charge in [0.05, 0.1) is 7.11 Å². The highest BCUT2D eigenvalue weighted by Crippen LogP contribution is 2.17. The average molecular weight is 315 g/mol. The van der Waals surface area contributed by atoms with Gasteiger partial charge in [-0.25, -0.2) is 4.79 Å². The van der Waals surface area contributed by atoms with Gasteiger partial charge >= 0.3 is 5.97 Å². The van der Waals surface area contributed by atoms with E-state index in [4.69, 9.17) is 4.74 Å². The van der Waals surface area contributed by atoms with E-state index in [-0.39, 0.29) is 12.0 Å². The maximum absolute atomic E-state index is 11.9. The summed E-state index contributed by atoms with van der Waals surface area (Å²) in [6, 6.07) is 17.9. The predicted molar refractivity (Wildman–Crippen MR) is 93.2 cm³/mol. The number of hydrogen-bond donors (Lipinski definition) is 1. The molecule has 0 radical (unpaired) electrons. The van der Waals surface area contributed by atoms with Crippen LogP contribution in [0.15, 0.2) is 54.6 Å². The molecule has 0 bridgehead atoms. The number of benzene rings is 2. The summed E-state index contributed by atoms with van der Waals surface area (Å²) in [6.45, 7) is 2.04. The molecule has 22 heavy (non-hydrogen) atoms. The fourth-order valence-corrected chi connectivity index (χ4v) is 3.03. The molecular weight excluding hydrogens is 294 g/mol. The second-order valence-corrected chi connectivity index (χ2v) is 6.12. The van der Waals surface area contributed by atoms with Crippen molar-refractivity contribution in [2.45, 2.75) is 18.7 Å². The molecule has 1 atom stereocenters. The van der Waals surface area contributed by atoms with Crippen LogP contribution in [0.1, 0.15) is 11.1 Å². The van der Waals surface area contributed by atoms with Crippen LogP contribution in [0, 0.1) is 6.92 Å². The SMILES string of the molecule is COC(=O)[C@H](CSCc1ccccc1)Nc1ccc(C)cc1. The van der Waals surface area contributed by atoms with Gasteiger partial charge in [0.2, 0.25) is 0 Å². The van der Waals surface area contributed by atoms with Gasteiger partial charge in [0, 0.05) is 17.2 Å². The lowest BCUT2D eigenvalue weighted by Crippen LogP contribution is -2.33. The molecule has 0 aliphatic heterocycles. The smallest absolute Gasteiger partial charge is 0.329 e. The van der Waals surface area contributed by atoms with Gasteiger partial charge in [-0.15, -0.1) is 0 Å². The molecule has 2 aromatic rings. The fourth-order valence-electron chi connectivity index (χ4n) is 2.03. The molecule has 116 valence electrons. The molecule has 0 unspecified atom stereocenters. The second kappa shape index (κ2) is 8.49. The van der Waals surface area contributed by atoms with Crippen LogP contribution in [0.5, 0.6) is 0 Å². The minimum absolute atomic E-state index is 0.235. The maximum Gasteiger partial charge on any atom is 0.329 e. The number of aryl methyl sites for hydroxylation is 1. The number of esters is 1. The van der Waals surface area contributed by atoms with Gasteiger partial charge in [-0.2, -0.15) is 11.8 Å². The lowest BCUT2D eigenvalue weighted by Gasteiger charge is -2.17. The summed E-state index contributed by atoms with van der Waals surface area (Å²) in [4.78, 5) is 11.9.